The van der Waals surface area contributed by atoms with E-state index in [0.717, 1.165) is 12.2 Å². The van der Waals surface area contributed by atoms with Gasteiger partial charge in [-0.05, 0) is 74.4 Å². The maximum atomic E-state index is 12.0. The van der Waals surface area contributed by atoms with Gasteiger partial charge in [0.2, 0.25) is 0 Å². The van der Waals surface area contributed by atoms with Gasteiger partial charge in [0.1, 0.15) is 11.5 Å². The monoisotopic (exact) mass is 440 g/mol. The molecule has 3 N–H and O–H groups in total. The smallest absolute Gasteiger partial charge is 0.329 e. The molecule has 2 aromatic carbocycles. The van der Waals surface area contributed by atoms with Gasteiger partial charge < -0.3 is 20.1 Å². The lowest BCUT2D eigenvalue weighted by Crippen LogP contribution is -2.41. The van der Waals surface area contributed by atoms with Crippen LogP contribution in [-0.4, -0.2) is 43.2 Å². The number of ether oxygens (including phenoxy) is 2. The highest BCUT2D eigenvalue weighted by molar-refractivity contribution is 6.35. The van der Waals surface area contributed by atoms with E-state index in [1.165, 1.54) is 6.21 Å². The van der Waals surface area contributed by atoms with E-state index >= 15 is 0 Å². The Balaban J connectivity index is 1.76. The van der Waals surface area contributed by atoms with Gasteiger partial charge in [0.15, 0.2) is 6.61 Å². The van der Waals surface area contributed by atoms with Crippen LogP contribution in [0.15, 0.2) is 53.6 Å². The number of carbonyl (C=O) groups excluding carboxylic acids is 3. The van der Waals surface area contributed by atoms with Crippen LogP contribution in [-0.2, 0) is 14.4 Å². The van der Waals surface area contributed by atoms with Crippen LogP contribution < -0.4 is 25.5 Å². The highest BCUT2D eigenvalue weighted by Crippen LogP contribution is 2.16. The summed E-state index contributed by atoms with van der Waals surface area (Å²) in [4.78, 5) is 35.3. The van der Waals surface area contributed by atoms with Crippen molar-refractivity contribution in [2.24, 2.45) is 5.10 Å². The van der Waals surface area contributed by atoms with Gasteiger partial charge in [0.05, 0.1) is 12.8 Å². The second kappa shape index (κ2) is 12.7. The number of nitrogens with one attached hydrogen (secondary N) is 3. The van der Waals surface area contributed by atoms with Crippen molar-refractivity contribution in [2.45, 2.75) is 33.2 Å². The van der Waals surface area contributed by atoms with Crippen LogP contribution in [0.1, 0.15) is 32.8 Å². The van der Waals surface area contributed by atoms with Crippen LogP contribution in [0.4, 0.5) is 5.69 Å². The molecule has 0 aromatic heterocycles. The molecule has 0 aliphatic rings. The molecule has 0 bridgehead atoms. The average Bonchev–Trinajstić information content (AvgIpc) is 2.79. The molecule has 0 aliphatic carbocycles. The molecule has 0 unspecified atom stereocenters. The largest absolute Gasteiger partial charge is 0.494 e. The summed E-state index contributed by atoms with van der Waals surface area (Å²) >= 11 is 0. The van der Waals surface area contributed by atoms with Crippen molar-refractivity contribution >= 4 is 29.6 Å². The Kier molecular flexibility index (Phi) is 9.70. The first kappa shape index (κ1) is 24.4. The average molecular weight is 441 g/mol. The summed E-state index contributed by atoms with van der Waals surface area (Å²) in [6, 6.07) is 13.7. The summed E-state index contributed by atoms with van der Waals surface area (Å²) in [7, 11) is 0. The third-order valence-electron chi connectivity index (χ3n) is 4.27. The number of amides is 3. The number of hydrogen-bond donors (Lipinski definition) is 3. The molecule has 3 amide bonds. The van der Waals surface area contributed by atoms with Crippen molar-refractivity contribution in [1.29, 1.82) is 0 Å². The number of carbonyl (C=O) groups is 3. The SMILES string of the molecule is CCOc1ccc(NC(=O)COc2ccc(/C=N\NC(=O)C(=O)N[C@H](C)CC)cc2)cc1. The Morgan fingerprint density at radius 3 is 2.19 bits per heavy atom. The topological polar surface area (TPSA) is 118 Å². The van der Waals surface area contributed by atoms with Gasteiger partial charge in [0.25, 0.3) is 5.91 Å². The summed E-state index contributed by atoms with van der Waals surface area (Å²) in [5.74, 6) is -0.623. The van der Waals surface area contributed by atoms with E-state index in [-0.39, 0.29) is 18.6 Å². The molecular weight excluding hydrogens is 412 g/mol. The second-order valence-electron chi connectivity index (χ2n) is 6.85. The molecule has 9 nitrogen and oxygen atoms in total. The van der Waals surface area contributed by atoms with Crippen molar-refractivity contribution in [3.8, 4) is 11.5 Å². The fourth-order valence-electron chi connectivity index (χ4n) is 2.40. The molecule has 32 heavy (non-hydrogen) atoms. The highest BCUT2D eigenvalue weighted by atomic mass is 16.5. The van der Waals surface area contributed by atoms with Crippen LogP contribution in [0.2, 0.25) is 0 Å². The molecular formula is C23H28N4O5. The maximum Gasteiger partial charge on any atom is 0.329 e. The first-order valence-corrected chi connectivity index (χ1v) is 10.3. The van der Waals surface area contributed by atoms with Crippen LogP contribution in [0.3, 0.4) is 0 Å². The van der Waals surface area contributed by atoms with E-state index in [9.17, 15) is 14.4 Å². The van der Waals surface area contributed by atoms with E-state index in [4.69, 9.17) is 9.47 Å². The molecule has 170 valence electrons. The van der Waals surface area contributed by atoms with Crippen molar-refractivity contribution in [3.05, 3.63) is 54.1 Å². The molecule has 0 saturated carbocycles. The number of nitrogens with zero attached hydrogens (tertiary/aromatic N) is 1. The van der Waals surface area contributed by atoms with E-state index in [2.05, 4.69) is 21.2 Å². The lowest BCUT2D eigenvalue weighted by Gasteiger charge is -2.09. The molecule has 0 saturated heterocycles. The van der Waals surface area contributed by atoms with Crippen LogP contribution in [0.5, 0.6) is 11.5 Å². The van der Waals surface area contributed by atoms with Gasteiger partial charge in [-0.2, -0.15) is 5.10 Å². The summed E-state index contributed by atoms with van der Waals surface area (Å²) in [6.07, 6.45) is 2.12. The van der Waals surface area contributed by atoms with Gasteiger partial charge in [-0.15, -0.1) is 0 Å². The lowest BCUT2D eigenvalue weighted by molar-refractivity contribution is -0.139. The van der Waals surface area contributed by atoms with Crippen LogP contribution >= 0.6 is 0 Å². The van der Waals surface area contributed by atoms with Crippen molar-refractivity contribution in [2.75, 3.05) is 18.5 Å². The molecule has 0 heterocycles. The minimum Gasteiger partial charge on any atom is -0.494 e. The van der Waals surface area contributed by atoms with Gasteiger partial charge >= 0.3 is 11.8 Å². The van der Waals surface area contributed by atoms with E-state index in [1.54, 1.807) is 48.5 Å². The van der Waals surface area contributed by atoms with Gasteiger partial charge in [-0.1, -0.05) is 6.92 Å². The summed E-state index contributed by atoms with van der Waals surface area (Å²) in [5, 5.41) is 9.06. The minimum absolute atomic E-state index is 0.0900. The molecule has 0 spiro atoms. The Hall–Kier alpha value is -3.88. The lowest BCUT2D eigenvalue weighted by atomic mass is 10.2. The predicted octanol–water partition coefficient (Wildman–Crippen LogP) is 2.47. The zero-order valence-electron chi connectivity index (χ0n) is 18.4. The number of anilines is 1. The molecule has 9 heteroatoms. The summed E-state index contributed by atoms with van der Waals surface area (Å²) in [5.41, 5.74) is 3.50. The normalized spacial score (nSPS) is 11.5. The zero-order chi connectivity index (χ0) is 23.3. The third-order valence-corrected chi connectivity index (χ3v) is 4.27. The van der Waals surface area contributed by atoms with Crippen molar-refractivity contribution in [1.82, 2.24) is 10.7 Å². The summed E-state index contributed by atoms with van der Waals surface area (Å²) < 4.78 is 10.8. The number of hydrogen-bond acceptors (Lipinski definition) is 6. The van der Waals surface area contributed by atoms with Crippen molar-refractivity contribution in [3.63, 3.8) is 0 Å². The quantitative estimate of drug-likeness (QED) is 0.298. The number of hydrazone groups is 1. The number of benzene rings is 2. The molecule has 0 radical (unpaired) electrons. The fraction of sp³-hybridized carbons (Fsp3) is 0.304. The van der Waals surface area contributed by atoms with Crippen LogP contribution in [0, 0.1) is 0 Å². The molecule has 2 rings (SSSR count). The Morgan fingerprint density at radius 2 is 1.56 bits per heavy atom. The Labute approximate surface area is 187 Å². The molecule has 1 atom stereocenters. The Bertz CT molecular complexity index is 926. The van der Waals surface area contributed by atoms with Gasteiger partial charge in [0, 0.05) is 11.7 Å². The van der Waals surface area contributed by atoms with Gasteiger partial charge in [-0.3, -0.25) is 14.4 Å². The van der Waals surface area contributed by atoms with E-state index < -0.39 is 11.8 Å². The Morgan fingerprint density at radius 1 is 0.938 bits per heavy atom. The first-order valence-electron chi connectivity index (χ1n) is 10.3. The zero-order valence-corrected chi connectivity index (χ0v) is 18.4. The fourth-order valence-corrected chi connectivity index (χ4v) is 2.40. The third kappa shape index (κ3) is 8.47. The highest BCUT2D eigenvalue weighted by Gasteiger charge is 2.14. The van der Waals surface area contributed by atoms with Crippen molar-refractivity contribution < 1.29 is 23.9 Å². The predicted molar refractivity (Wildman–Crippen MR) is 122 cm³/mol. The van der Waals surface area contributed by atoms with Crippen LogP contribution in [0.25, 0.3) is 0 Å². The maximum absolute atomic E-state index is 12.0. The van der Waals surface area contributed by atoms with E-state index in [1.807, 2.05) is 20.8 Å². The van der Waals surface area contributed by atoms with E-state index in [0.29, 0.717) is 23.6 Å². The minimum atomic E-state index is -0.833. The van der Waals surface area contributed by atoms with Gasteiger partial charge in [-0.25, -0.2) is 5.43 Å². The number of rotatable bonds is 10. The second-order valence-corrected chi connectivity index (χ2v) is 6.85. The summed E-state index contributed by atoms with van der Waals surface area (Å²) in [6.45, 7) is 6.04. The molecule has 0 aliphatic heterocycles. The molecule has 2 aromatic rings. The standard InChI is InChI=1S/C23H28N4O5/c1-4-16(3)25-22(29)23(30)27-24-14-17-6-10-20(11-7-17)32-15-21(28)26-18-8-12-19(13-9-18)31-5-2/h6-14,16H,4-5,15H2,1-3H3,(H,25,29)(H,26,28)(H,27,30)/b24-14-/t16-/m1/s1. The molecule has 0 fully saturated rings. The first-order chi connectivity index (χ1) is 15.4.